The average molecular weight is 452 g/mol. The minimum absolute atomic E-state index is 0.309. The SMILES string of the molecule is COc1ccc2nc(-c3ccc4ccccc4c3)n(-c3ccnc(NC4CCOCC4)n3)c2c1. The molecule has 0 radical (unpaired) electrons. The molecule has 7 nitrogen and oxygen atoms in total. The van der Waals surface area contributed by atoms with Crippen molar-refractivity contribution >= 4 is 27.8 Å². The van der Waals surface area contributed by atoms with Crippen molar-refractivity contribution in [2.45, 2.75) is 18.9 Å². The van der Waals surface area contributed by atoms with Crippen molar-refractivity contribution in [1.29, 1.82) is 0 Å². The van der Waals surface area contributed by atoms with E-state index in [2.05, 4.69) is 57.3 Å². The van der Waals surface area contributed by atoms with Gasteiger partial charge in [-0.05, 0) is 47.9 Å². The van der Waals surface area contributed by atoms with Gasteiger partial charge in [0.05, 0.1) is 18.1 Å². The topological polar surface area (TPSA) is 74.1 Å². The maximum Gasteiger partial charge on any atom is 0.224 e. The van der Waals surface area contributed by atoms with E-state index in [0.29, 0.717) is 12.0 Å². The van der Waals surface area contributed by atoms with E-state index in [1.165, 1.54) is 10.8 Å². The van der Waals surface area contributed by atoms with E-state index in [0.717, 1.165) is 60.0 Å². The summed E-state index contributed by atoms with van der Waals surface area (Å²) >= 11 is 0. The van der Waals surface area contributed by atoms with Crippen LogP contribution in [0.3, 0.4) is 0 Å². The van der Waals surface area contributed by atoms with Gasteiger partial charge in [0.15, 0.2) is 0 Å². The Hall–Kier alpha value is -3.97. The Bertz CT molecular complexity index is 1470. The van der Waals surface area contributed by atoms with Crippen molar-refractivity contribution in [3.05, 3.63) is 72.9 Å². The summed E-state index contributed by atoms with van der Waals surface area (Å²) in [6, 6.07) is 22.9. The largest absolute Gasteiger partial charge is 0.497 e. The number of aromatic nitrogens is 4. The lowest BCUT2D eigenvalue weighted by Gasteiger charge is -2.23. The quantitative estimate of drug-likeness (QED) is 0.394. The fourth-order valence-corrected chi connectivity index (χ4v) is 4.50. The van der Waals surface area contributed by atoms with E-state index < -0.39 is 0 Å². The van der Waals surface area contributed by atoms with Crippen LogP contribution in [0.1, 0.15) is 12.8 Å². The first-order valence-corrected chi connectivity index (χ1v) is 11.5. The van der Waals surface area contributed by atoms with Crippen LogP contribution in [0.25, 0.3) is 39.0 Å². The number of imidazole rings is 1. The van der Waals surface area contributed by atoms with Crippen molar-refractivity contribution in [1.82, 2.24) is 19.5 Å². The van der Waals surface area contributed by atoms with Crippen LogP contribution in [0.5, 0.6) is 5.75 Å². The van der Waals surface area contributed by atoms with E-state index in [1.54, 1.807) is 13.3 Å². The molecule has 0 unspecified atom stereocenters. The van der Waals surface area contributed by atoms with Crippen molar-refractivity contribution in [3.8, 4) is 23.0 Å². The van der Waals surface area contributed by atoms with Crippen LogP contribution in [0, 0.1) is 0 Å². The van der Waals surface area contributed by atoms with Crippen LogP contribution in [-0.2, 0) is 4.74 Å². The average Bonchev–Trinajstić information content (AvgIpc) is 3.28. The molecule has 0 aliphatic carbocycles. The highest BCUT2D eigenvalue weighted by molar-refractivity contribution is 5.89. The van der Waals surface area contributed by atoms with Crippen LogP contribution in [0.15, 0.2) is 72.9 Å². The number of rotatable bonds is 5. The number of hydrogen-bond donors (Lipinski definition) is 1. The molecule has 3 aromatic carbocycles. The summed E-state index contributed by atoms with van der Waals surface area (Å²) in [5.74, 6) is 2.96. The van der Waals surface area contributed by atoms with E-state index >= 15 is 0 Å². The maximum atomic E-state index is 5.51. The van der Waals surface area contributed by atoms with Gasteiger partial charge in [0.2, 0.25) is 5.95 Å². The number of fused-ring (bicyclic) bond motifs is 2. The smallest absolute Gasteiger partial charge is 0.224 e. The first-order chi connectivity index (χ1) is 16.8. The molecule has 0 amide bonds. The monoisotopic (exact) mass is 451 g/mol. The Morgan fingerprint density at radius 3 is 2.65 bits per heavy atom. The lowest BCUT2D eigenvalue weighted by molar-refractivity contribution is 0.0903. The number of nitrogens with one attached hydrogen (secondary N) is 1. The number of nitrogens with zero attached hydrogens (tertiary/aromatic N) is 4. The molecule has 0 saturated carbocycles. The van der Waals surface area contributed by atoms with Crippen molar-refractivity contribution in [3.63, 3.8) is 0 Å². The minimum Gasteiger partial charge on any atom is -0.497 e. The molecule has 1 fully saturated rings. The van der Waals surface area contributed by atoms with Crippen LogP contribution >= 0.6 is 0 Å². The molecule has 3 heterocycles. The minimum atomic E-state index is 0.309. The zero-order valence-electron chi connectivity index (χ0n) is 18.9. The molecule has 1 aliphatic rings. The predicted molar refractivity (Wildman–Crippen MR) is 134 cm³/mol. The fraction of sp³-hybridized carbons (Fsp3) is 0.222. The molecule has 0 atom stereocenters. The second-order valence-electron chi connectivity index (χ2n) is 8.46. The summed E-state index contributed by atoms with van der Waals surface area (Å²) in [4.78, 5) is 14.4. The molecule has 0 bridgehead atoms. The van der Waals surface area contributed by atoms with Gasteiger partial charge in [0.1, 0.15) is 17.4 Å². The van der Waals surface area contributed by atoms with Crippen LogP contribution in [-0.4, -0.2) is 45.9 Å². The molecule has 6 rings (SSSR count). The first-order valence-electron chi connectivity index (χ1n) is 11.5. The van der Waals surface area contributed by atoms with E-state index in [1.807, 2.05) is 24.3 Å². The van der Waals surface area contributed by atoms with E-state index in [-0.39, 0.29) is 0 Å². The van der Waals surface area contributed by atoms with Gasteiger partial charge < -0.3 is 14.8 Å². The summed E-state index contributed by atoms with van der Waals surface area (Å²) in [5.41, 5.74) is 2.83. The second-order valence-corrected chi connectivity index (χ2v) is 8.46. The Morgan fingerprint density at radius 2 is 1.79 bits per heavy atom. The molecular weight excluding hydrogens is 426 g/mol. The van der Waals surface area contributed by atoms with Gasteiger partial charge in [-0.1, -0.05) is 36.4 Å². The molecular formula is C27H25N5O2. The molecule has 0 spiro atoms. The van der Waals surface area contributed by atoms with Gasteiger partial charge in [-0.2, -0.15) is 4.98 Å². The van der Waals surface area contributed by atoms with Crippen LogP contribution < -0.4 is 10.1 Å². The van der Waals surface area contributed by atoms with Crippen molar-refractivity contribution < 1.29 is 9.47 Å². The standard InChI is InChI=1S/C27H25N5O2/c1-33-22-8-9-23-24(17-22)32(25-10-13-28-27(31-25)29-21-11-14-34-15-12-21)26(30-23)20-7-6-18-4-2-3-5-19(18)16-20/h2-10,13,16-17,21H,11-12,14-15H2,1H3,(H,28,29,31). The fourth-order valence-electron chi connectivity index (χ4n) is 4.50. The third-order valence-electron chi connectivity index (χ3n) is 6.29. The third kappa shape index (κ3) is 3.84. The van der Waals surface area contributed by atoms with Crippen LogP contribution in [0.4, 0.5) is 5.95 Å². The highest BCUT2D eigenvalue weighted by Crippen LogP contribution is 2.32. The van der Waals surface area contributed by atoms with E-state index in [9.17, 15) is 0 Å². The number of anilines is 1. The normalized spacial score (nSPS) is 14.5. The highest BCUT2D eigenvalue weighted by atomic mass is 16.5. The number of hydrogen-bond acceptors (Lipinski definition) is 6. The molecule has 1 aliphatic heterocycles. The molecule has 1 saturated heterocycles. The molecule has 7 heteroatoms. The van der Waals surface area contributed by atoms with Gasteiger partial charge in [0, 0.05) is 37.1 Å². The third-order valence-corrected chi connectivity index (χ3v) is 6.29. The van der Waals surface area contributed by atoms with Crippen molar-refractivity contribution in [2.75, 3.05) is 25.6 Å². The zero-order valence-corrected chi connectivity index (χ0v) is 18.9. The van der Waals surface area contributed by atoms with Gasteiger partial charge in [-0.15, -0.1) is 0 Å². The Kier molecular flexibility index (Phi) is 5.31. The van der Waals surface area contributed by atoms with Gasteiger partial charge in [-0.3, -0.25) is 4.57 Å². The van der Waals surface area contributed by atoms with Crippen LogP contribution in [0.2, 0.25) is 0 Å². The molecule has 34 heavy (non-hydrogen) atoms. The molecule has 1 N–H and O–H groups in total. The summed E-state index contributed by atoms with van der Waals surface area (Å²) in [6.07, 6.45) is 3.68. The summed E-state index contributed by atoms with van der Waals surface area (Å²) in [7, 11) is 1.67. The number of ether oxygens (including phenoxy) is 2. The Labute approximate surface area is 197 Å². The van der Waals surface area contributed by atoms with Gasteiger partial charge in [-0.25, -0.2) is 9.97 Å². The van der Waals surface area contributed by atoms with E-state index in [4.69, 9.17) is 19.4 Å². The molecule has 2 aromatic heterocycles. The number of methoxy groups -OCH3 is 1. The predicted octanol–water partition coefficient (Wildman–Crippen LogP) is 5.24. The Balaban J connectivity index is 1.50. The highest BCUT2D eigenvalue weighted by Gasteiger charge is 2.19. The molecule has 5 aromatic rings. The number of benzene rings is 3. The van der Waals surface area contributed by atoms with Crippen molar-refractivity contribution in [2.24, 2.45) is 0 Å². The summed E-state index contributed by atoms with van der Waals surface area (Å²) in [5, 5.41) is 5.84. The second kappa shape index (κ2) is 8.76. The Morgan fingerprint density at radius 1 is 0.941 bits per heavy atom. The lowest BCUT2D eigenvalue weighted by Crippen LogP contribution is -2.28. The van der Waals surface area contributed by atoms with Gasteiger partial charge >= 0.3 is 0 Å². The van der Waals surface area contributed by atoms with Gasteiger partial charge in [0.25, 0.3) is 0 Å². The zero-order chi connectivity index (χ0) is 22.9. The maximum absolute atomic E-state index is 5.51. The summed E-state index contributed by atoms with van der Waals surface area (Å²) < 4.78 is 13.1. The molecule has 170 valence electrons. The first kappa shape index (κ1) is 20.6. The lowest BCUT2D eigenvalue weighted by atomic mass is 10.1. The summed E-state index contributed by atoms with van der Waals surface area (Å²) in [6.45, 7) is 1.52.